The van der Waals surface area contributed by atoms with Gasteiger partial charge >= 0.3 is 5.97 Å². The zero-order valence-corrected chi connectivity index (χ0v) is 15.9. The summed E-state index contributed by atoms with van der Waals surface area (Å²) in [6, 6.07) is 3.50. The first-order valence-corrected chi connectivity index (χ1v) is 8.74. The zero-order chi connectivity index (χ0) is 19.4. The number of esters is 1. The van der Waals surface area contributed by atoms with Crippen LogP contribution < -0.4 is 9.47 Å². The first-order valence-electron chi connectivity index (χ1n) is 8.74. The maximum atomic E-state index is 12.5. The molecule has 3 rings (SSSR count). The number of benzene rings is 1. The Morgan fingerprint density at radius 1 is 1.19 bits per heavy atom. The van der Waals surface area contributed by atoms with E-state index in [-0.39, 0.29) is 12.2 Å². The van der Waals surface area contributed by atoms with Crippen LogP contribution in [0.3, 0.4) is 0 Å². The summed E-state index contributed by atoms with van der Waals surface area (Å²) in [5, 5.41) is 4.11. The van der Waals surface area contributed by atoms with Gasteiger partial charge in [0.1, 0.15) is 28.5 Å². The van der Waals surface area contributed by atoms with E-state index < -0.39 is 12.3 Å². The van der Waals surface area contributed by atoms with E-state index in [1.807, 2.05) is 0 Å². The van der Waals surface area contributed by atoms with Gasteiger partial charge in [0, 0.05) is 0 Å². The highest BCUT2D eigenvalue weighted by atomic mass is 16.7. The normalized spacial score (nSPS) is 14.8. The second kappa shape index (κ2) is 8.41. The van der Waals surface area contributed by atoms with Crippen LogP contribution in [-0.4, -0.2) is 45.2 Å². The number of hydrogen-bond donors (Lipinski definition) is 0. The fourth-order valence-electron chi connectivity index (χ4n) is 3.05. The largest absolute Gasteiger partial charge is 0.496 e. The average Bonchev–Trinajstić information content (AvgIpc) is 3.08. The molecule has 1 saturated heterocycles. The number of hydrogen-bond acceptors (Lipinski definition) is 8. The summed E-state index contributed by atoms with van der Waals surface area (Å²) in [4.78, 5) is 12.5. The SMILES string of the molecule is CCOC(=O)c1c(-c2c(OC)ccc(OC)c2C2OCCCO2)noc1C. The van der Waals surface area contributed by atoms with Crippen molar-refractivity contribution in [2.75, 3.05) is 34.0 Å². The number of nitrogens with zero attached hydrogens (tertiary/aromatic N) is 1. The summed E-state index contributed by atoms with van der Waals surface area (Å²) >= 11 is 0. The first-order chi connectivity index (χ1) is 13.1. The molecule has 1 aromatic heterocycles. The van der Waals surface area contributed by atoms with Crippen LogP contribution in [-0.2, 0) is 14.2 Å². The van der Waals surface area contributed by atoms with Gasteiger partial charge in [0.25, 0.3) is 0 Å². The van der Waals surface area contributed by atoms with E-state index in [4.69, 9.17) is 28.2 Å². The van der Waals surface area contributed by atoms with Crippen molar-refractivity contribution in [3.05, 3.63) is 29.0 Å². The Kier molecular flexibility index (Phi) is 5.98. The Balaban J connectivity index is 2.24. The second-order valence-corrected chi connectivity index (χ2v) is 5.87. The Bertz CT molecular complexity index is 809. The number of rotatable bonds is 6. The first kappa shape index (κ1) is 19.2. The lowest BCUT2D eigenvalue weighted by atomic mass is 9.97. The standard InChI is InChI=1S/C19H23NO7/c1-5-24-18(21)14-11(2)27-20-17(14)15-12(22-3)7-8-13(23-4)16(15)19-25-9-6-10-26-19/h7-8,19H,5-6,9-10H2,1-4H3. The van der Waals surface area contributed by atoms with Gasteiger partial charge in [0.2, 0.25) is 0 Å². The van der Waals surface area contributed by atoms with Crippen LogP contribution >= 0.6 is 0 Å². The molecule has 0 amide bonds. The van der Waals surface area contributed by atoms with Gasteiger partial charge in [-0.3, -0.25) is 0 Å². The van der Waals surface area contributed by atoms with Crippen molar-refractivity contribution in [2.24, 2.45) is 0 Å². The molecule has 0 saturated carbocycles. The maximum Gasteiger partial charge on any atom is 0.344 e. The minimum atomic E-state index is -0.675. The minimum absolute atomic E-state index is 0.236. The number of carbonyl (C=O) groups excluding carboxylic acids is 1. The lowest BCUT2D eigenvalue weighted by Gasteiger charge is -2.27. The van der Waals surface area contributed by atoms with Crippen molar-refractivity contribution in [3.63, 3.8) is 0 Å². The van der Waals surface area contributed by atoms with Crippen molar-refractivity contribution in [1.29, 1.82) is 0 Å². The molecule has 0 aliphatic carbocycles. The van der Waals surface area contributed by atoms with E-state index in [0.29, 0.717) is 47.3 Å². The molecule has 1 aliphatic heterocycles. The molecule has 0 radical (unpaired) electrons. The molecule has 8 heteroatoms. The van der Waals surface area contributed by atoms with Gasteiger partial charge < -0.3 is 28.2 Å². The summed E-state index contributed by atoms with van der Waals surface area (Å²) < 4.78 is 33.1. The lowest BCUT2D eigenvalue weighted by molar-refractivity contribution is -0.183. The molecule has 2 aromatic rings. The van der Waals surface area contributed by atoms with Crippen LogP contribution in [0.25, 0.3) is 11.3 Å². The smallest absolute Gasteiger partial charge is 0.344 e. The minimum Gasteiger partial charge on any atom is -0.496 e. The summed E-state index contributed by atoms with van der Waals surface area (Å²) in [6.45, 7) is 4.73. The average molecular weight is 377 g/mol. The highest BCUT2D eigenvalue weighted by molar-refractivity contribution is 5.98. The fraction of sp³-hybridized carbons (Fsp3) is 0.474. The zero-order valence-electron chi connectivity index (χ0n) is 15.9. The Hall–Kier alpha value is -2.58. The van der Waals surface area contributed by atoms with E-state index in [1.54, 1.807) is 33.1 Å². The molecule has 0 unspecified atom stereocenters. The van der Waals surface area contributed by atoms with E-state index in [1.165, 1.54) is 7.11 Å². The summed E-state index contributed by atoms with van der Waals surface area (Å²) in [5.41, 5.74) is 1.65. The number of aromatic nitrogens is 1. The lowest BCUT2D eigenvalue weighted by Crippen LogP contribution is -2.19. The van der Waals surface area contributed by atoms with Crippen molar-refractivity contribution in [1.82, 2.24) is 5.16 Å². The van der Waals surface area contributed by atoms with Gasteiger partial charge in [-0.05, 0) is 32.4 Å². The molecule has 2 heterocycles. The maximum absolute atomic E-state index is 12.5. The Labute approximate surface area is 157 Å². The van der Waals surface area contributed by atoms with Crippen LogP contribution in [0.2, 0.25) is 0 Å². The highest BCUT2D eigenvalue weighted by Gasteiger charge is 2.33. The highest BCUT2D eigenvalue weighted by Crippen LogP contribution is 2.45. The van der Waals surface area contributed by atoms with Crippen molar-refractivity contribution >= 4 is 5.97 Å². The van der Waals surface area contributed by atoms with Crippen LogP contribution in [0.4, 0.5) is 0 Å². The molecule has 1 fully saturated rings. The predicted molar refractivity (Wildman–Crippen MR) is 95.0 cm³/mol. The van der Waals surface area contributed by atoms with Gasteiger partial charge in [-0.25, -0.2) is 4.79 Å². The summed E-state index contributed by atoms with van der Waals surface area (Å²) in [5.74, 6) is 0.855. The Morgan fingerprint density at radius 3 is 2.48 bits per heavy atom. The van der Waals surface area contributed by atoms with E-state index in [9.17, 15) is 4.79 Å². The summed E-state index contributed by atoms with van der Waals surface area (Å²) in [7, 11) is 3.09. The van der Waals surface area contributed by atoms with Crippen molar-refractivity contribution in [3.8, 4) is 22.8 Å². The third-order valence-corrected chi connectivity index (χ3v) is 4.25. The Morgan fingerprint density at radius 2 is 1.85 bits per heavy atom. The van der Waals surface area contributed by atoms with Gasteiger partial charge in [-0.2, -0.15) is 0 Å². The molecule has 0 spiro atoms. The number of carbonyl (C=O) groups is 1. The molecule has 146 valence electrons. The molecular formula is C19H23NO7. The van der Waals surface area contributed by atoms with Crippen molar-refractivity contribution in [2.45, 2.75) is 26.6 Å². The van der Waals surface area contributed by atoms with Crippen LogP contribution in [0, 0.1) is 6.92 Å². The molecule has 0 N–H and O–H groups in total. The van der Waals surface area contributed by atoms with E-state index >= 15 is 0 Å². The molecular weight excluding hydrogens is 354 g/mol. The number of methoxy groups -OCH3 is 2. The summed E-state index contributed by atoms with van der Waals surface area (Å²) in [6.07, 6.45) is 0.126. The molecule has 27 heavy (non-hydrogen) atoms. The number of aryl methyl sites for hydroxylation is 1. The van der Waals surface area contributed by atoms with Gasteiger partial charge in [-0.1, -0.05) is 5.16 Å². The van der Waals surface area contributed by atoms with Crippen LogP contribution in [0.5, 0.6) is 11.5 Å². The third kappa shape index (κ3) is 3.63. The van der Waals surface area contributed by atoms with Crippen molar-refractivity contribution < 1.29 is 33.0 Å². The molecule has 0 atom stereocenters. The predicted octanol–water partition coefficient (Wildman–Crippen LogP) is 3.28. The van der Waals surface area contributed by atoms with E-state index in [0.717, 1.165) is 6.42 Å². The third-order valence-electron chi connectivity index (χ3n) is 4.25. The quantitative estimate of drug-likeness (QED) is 0.709. The second-order valence-electron chi connectivity index (χ2n) is 5.87. The molecule has 8 nitrogen and oxygen atoms in total. The van der Waals surface area contributed by atoms with E-state index in [2.05, 4.69) is 5.16 Å². The molecule has 1 aromatic carbocycles. The van der Waals surface area contributed by atoms with Crippen LogP contribution in [0.15, 0.2) is 16.7 Å². The molecule has 0 bridgehead atoms. The van der Waals surface area contributed by atoms with Gasteiger partial charge in [-0.15, -0.1) is 0 Å². The van der Waals surface area contributed by atoms with Crippen LogP contribution in [0.1, 0.15) is 41.3 Å². The topological polar surface area (TPSA) is 89.3 Å². The molecule has 1 aliphatic rings. The number of ether oxygens (including phenoxy) is 5. The fourth-order valence-corrected chi connectivity index (χ4v) is 3.05. The van der Waals surface area contributed by atoms with Gasteiger partial charge in [0.05, 0.1) is 45.2 Å². The monoisotopic (exact) mass is 377 g/mol. The van der Waals surface area contributed by atoms with Gasteiger partial charge in [0.15, 0.2) is 6.29 Å².